The Balaban J connectivity index is 1.75. The van der Waals surface area contributed by atoms with Crippen LogP contribution in [0.15, 0.2) is 60.7 Å². The average molecular weight is 547 g/mol. The van der Waals surface area contributed by atoms with Crippen LogP contribution in [0.3, 0.4) is 0 Å². The number of halogens is 2. The normalized spacial score (nSPS) is 17.8. The number of carbonyl (C=O) groups is 2. The number of rotatable bonds is 4. The second-order valence-corrected chi connectivity index (χ2v) is 10.6. The standard InChI is InChI=1S/C29H24Cl2N4O3/c1-15(2)34-25-24(33-26(34)19-7-5-6-8-23(19)38-4)27(36)35(22-14-18(31)10-9-16(22)3)29(25)20-12-11-17(30)13-21(20)32-28(29)37/h5-15H,1-4H3,(H,32,37)/t29-/m0/s1. The van der Waals surface area contributed by atoms with Crippen molar-refractivity contribution in [2.75, 3.05) is 17.3 Å². The van der Waals surface area contributed by atoms with E-state index in [2.05, 4.69) is 5.32 Å². The number of amides is 2. The predicted molar refractivity (Wildman–Crippen MR) is 148 cm³/mol. The SMILES string of the molecule is COc1ccccc1-c1nc2c(n1C(C)C)[C@@]1(C(=O)Nc3cc(Cl)ccc31)N(c1cc(Cl)ccc1C)C2=O. The zero-order valence-corrected chi connectivity index (χ0v) is 22.7. The molecule has 2 aliphatic heterocycles. The molecular weight excluding hydrogens is 523 g/mol. The van der Waals surface area contributed by atoms with Crippen LogP contribution < -0.4 is 15.0 Å². The molecule has 0 saturated carbocycles. The van der Waals surface area contributed by atoms with Crippen LogP contribution in [0.4, 0.5) is 11.4 Å². The molecule has 1 atom stereocenters. The van der Waals surface area contributed by atoms with Gasteiger partial charge in [0.05, 0.1) is 24.1 Å². The van der Waals surface area contributed by atoms with E-state index in [4.69, 9.17) is 32.9 Å². The Morgan fingerprint density at radius 3 is 2.45 bits per heavy atom. The highest BCUT2D eigenvalue weighted by atomic mass is 35.5. The summed E-state index contributed by atoms with van der Waals surface area (Å²) >= 11 is 12.7. The number of anilines is 2. The first-order chi connectivity index (χ1) is 18.2. The minimum Gasteiger partial charge on any atom is -0.496 e. The number of fused-ring (bicyclic) bond motifs is 4. The first kappa shape index (κ1) is 24.5. The average Bonchev–Trinajstić information content (AvgIpc) is 3.49. The lowest BCUT2D eigenvalue weighted by Crippen LogP contribution is -2.51. The molecule has 0 saturated heterocycles. The Morgan fingerprint density at radius 2 is 1.71 bits per heavy atom. The molecule has 1 N–H and O–H groups in total. The molecule has 2 amide bonds. The van der Waals surface area contributed by atoms with Gasteiger partial charge in [-0.1, -0.05) is 47.5 Å². The molecule has 38 heavy (non-hydrogen) atoms. The molecule has 192 valence electrons. The van der Waals surface area contributed by atoms with Crippen molar-refractivity contribution in [2.45, 2.75) is 32.4 Å². The van der Waals surface area contributed by atoms with Crippen molar-refractivity contribution < 1.29 is 14.3 Å². The third-order valence-corrected chi connectivity index (χ3v) is 7.69. The number of ether oxygens (including phenoxy) is 1. The Labute approximate surface area is 230 Å². The molecule has 2 aliphatic rings. The van der Waals surface area contributed by atoms with E-state index in [1.54, 1.807) is 37.4 Å². The molecule has 7 nitrogen and oxygen atoms in total. The molecule has 0 radical (unpaired) electrons. The van der Waals surface area contributed by atoms with E-state index >= 15 is 0 Å². The highest BCUT2D eigenvalue weighted by molar-refractivity contribution is 6.32. The van der Waals surface area contributed by atoms with Crippen molar-refractivity contribution in [2.24, 2.45) is 0 Å². The second kappa shape index (κ2) is 8.61. The van der Waals surface area contributed by atoms with Gasteiger partial charge in [-0.25, -0.2) is 4.98 Å². The lowest BCUT2D eigenvalue weighted by Gasteiger charge is -2.36. The van der Waals surface area contributed by atoms with Gasteiger partial charge in [-0.2, -0.15) is 0 Å². The molecular formula is C29H24Cl2N4O3. The molecule has 0 aliphatic carbocycles. The first-order valence-electron chi connectivity index (χ1n) is 12.2. The molecule has 0 bridgehead atoms. The highest BCUT2D eigenvalue weighted by Gasteiger charge is 2.64. The van der Waals surface area contributed by atoms with Gasteiger partial charge >= 0.3 is 0 Å². The highest BCUT2D eigenvalue weighted by Crippen LogP contribution is 2.55. The number of aromatic nitrogens is 2. The van der Waals surface area contributed by atoms with Crippen molar-refractivity contribution >= 4 is 46.4 Å². The van der Waals surface area contributed by atoms with E-state index in [9.17, 15) is 9.59 Å². The molecule has 4 aromatic rings. The third-order valence-electron chi connectivity index (χ3n) is 7.22. The number of aryl methyl sites for hydroxylation is 1. The van der Waals surface area contributed by atoms with Crippen LogP contribution >= 0.6 is 23.2 Å². The minimum atomic E-state index is -1.53. The maximum Gasteiger partial charge on any atom is 0.280 e. The number of nitrogens with one attached hydrogen (secondary N) is 1. The van der Waals surface area contributed by atoms with Crippen molar-refractivity contribution in [3.8, 4) is 17.1 Å². The maximum atomic E-state index is 14.4. The Hall–Kier alpha value is -3.81. The topological polar surface area (TPSA) is 76.5 Å². The molecule has 0 fully saturated rings. The summed E-state index contributed by atoms with van der Waals surface area (Å²) in [6, 6.07) is 17.9. The van der Waals surface area contributed by atoms with E-state index in [1.165, 1.54) is 4.90 Å². The van der Waals surface area contributed by atoms with Crippen LogP contribution in [0.5, 0.6) is 5.75 Å². The second-order valence-electron chi connectivity index (χ2n) is 9.72. The zero-order valence-electron chi connectivity index (χ0n) is 21.2. The van der Waals surface area contributed by atoms with Crippen molar-refractivity contribution in [1.82, 2.24) is 9.55 Å². The van der Waals surface area contributed by atoms with Gasteiger partial charge in [-0.3, -0.25) is 14.5 Å². The van der Waals surface area contributed by atoms with Crippen LogP contribution in [0.1, 0.15) is 47.2 Å². The number of methoxy groups -OCH3 is 1. The fraction of sp³-hybridized carbons (Fsp3) is 0.207. The van der Waals surface area contributed by atoms with Gasteiger partial charge in [-0.05, 0) is 62.7 Å². The van der Waals surface area contributed by atoms with E-state index in [1.807, 2.05) is 55.7 Å². The predicted octanol–water partition coefficient (Wildman–Crippen LogP) is 6.61. The van der Waals surface area contributed by atoms with Crippen LogP contribution in [0.25, 0.3) is 11.4 Å². The van der Waals surface area contributed by atoms with E-state index in [0.717, 1.165) is 11.1 Å². The molecule has 3 heterocycles. The summed E-state index contributed by atoms with van der Waals surface area (Å²) in [4.78, 5) is 35.1. The van der Waals surface area contributed by atoms with Gasteiger partial charge in [0, 0.05) is 27.3 Å². The van der Waals surface area contributed by atoms with Gasteiger partial charge in [-0.15, -0.1) is 0 Å². The molecule has 3 aromatic carbocycles. The Morgan fingerprint density at radius 1 is 1.00 bits per heavy atom. The van der Waals surface area contributed by atoms with Gasteiger partial charge < -0.3 is 14.6 Å². The third kappa shape index (κ3) is 3.18. The summed E-state index contributed by atoms with van der Waals surface area (Å²) in [5.74, 6) is 0.409. The van der Waals surface area contributed by atoms with Gasteiger partial charge in [0.15, 0.2) is 11.2 Å². The number of nitrogens with zero attached hydrogens (tertiary/aromatic N) is 3. The number of para-hydroxylation sites is 1. The first-order valence-corrected chi connectivity index (χ1v) is 12.9. The molecule has 6 rings (SSSR count). The lowest BCUT2D eigenvalue weighted by molar-refractivity contribution is -0.119. The zero-order chi connectivity index (χ0) is 26.9. The number of hydrogen-bond donors (Lipinski definition) is 1. The Bertz CT molecular complexity index is 1660. The smallest absolute Gasteiger partial charge is 0.280 e. The quantitative estimate of drug-likeness (QED) is 0.312. The van der Waals surface area contributed by atoms with Crippen molar-refractivity contribution in [3.05, 3.63) is 93.2 Å². The van der Waals surface area contributed by atoms with E-state index in [-0.39, 0.29) is 23.6 Å². The Kier molecular flexibility index (Phi) is 5.56. The van der Waals surface area contributed by atoms with Gasteiger partial charge in [0.2, 0.25) is 0 Å². The lowest BCUT2D eigenvalue weighted by atomic mass is 9.86. The summed E-state index contributed by atoms with van der Waals surface area (Å²) < 4.78 is 7.60. The summed E-state index contributed by atoms with van der Waals surface area (Å²) in [5, 5.41) is 3.92. The summed E-state index contributed by atoms with van der Waals surface area (Å²) in [7, 11) is 1.59. The fourth-order valence-electron chi connectivity index (χ4n) is 5.65. The largest absolute Gasteiger partial charge is 0.496 e. The number of benzene rings is 3. The van der Waals surface area contributed by atoms with E-state index in [0.29, 0.717) is 44.3 Å². The number of imidazole rings is 1. The summed E-state index contributed by atoms with van der Waals surface area (Å²) in [5.41, 5.74) is 2.39. The molecule has 9 heteroatoms. The van der Waals surface area contributed by atoms with Crippen LogP contribution in [0, 0.1) is 6.92 Å². The van der Waals surface area contributed by atoms with Crippen LogP contribution in [0.2, 0.25) is 10.0 Å². The summed E-state index contributed by atoms with van der Waals surface area (Å²) in [6.07, 6.45) is 0. The van der Waals surface area contributed by atoms with Gasteiger partial charge in [0.25, 0.3) is 11.8 Å². The van der Waals surface area contributed by atoms with Gasteiger partial charge in [0.1, 0.15) is 11.6 Å². The molecule has 0 unspecified atom stereocenters. The maximum absolute atomic E-state index is 14.4. The molecule has 1 aromatic heterocycles. The number of carbonyl (C=O) groups excluding carboxylic acids is 2. The monoisotopic (exact) mass is 546 g/mol. The van der Waals surface area contributed by atoms with Crippen LogP contribution in [-0.4, -0.2) is 28.5 Å². The van der Waals surface area contributed by atoms with Crippen molar-refractivity contribution in [1.29, 1.82) is 0 Å². The van der Waals surface area contributed by atoms with Crippen molar-refractivity contribution in [3.63, 3.8) is 0 Å². The van der Waals surface area contributed by atoms with Crippen LogP contribution in [-0.2, 0) is 10.3 Å². The minimum absolute atomic E-state index is 0.152. The summed E-state index contributed by atoms with van der Waals surface area (Å²) in [6.45, 7) is 5.89. The number of hydrogen-bond acceptors (Lipinski definition) is 4. The molecule has 1 spiro atoms. The fourth-order valence-corrected chi connectivity index (χ4v) is 5.99. The van der Waals surface area contributed by atoms with E-state index < -0.39 is 5.54 Å².